The molecule has 2 heterocycles. The number of nitrogens with zero attached hydrogens (tertiary/aromatic N) is 2. The van der Waals surface area contributed by atoms with Gasteiger partial charge in [-0.1, -0.05) is 189 Å². The van der Waals surface area contributed by atoms with Gasteiger partial charge in [-0.3, -0.25) is 19.2 Å². The molecule has 14 aromatic carbocycles. The van der Waals surface area contributed by atoms with Gasteiger partial charge in [0.25, 0.3) is 23.6 Å². The number of hydrogen-bond acceptors (Lipinski definition) is 8. The van der Waals surface area contributed by atoms with Gasteiger partial charge in [0.1, 0.15) is 46.0 Å². The first-order valence-corrected chi connectivity index (χ1v) is 31.6. The van der Waals surface area contributed by atoms with E-state index in [4.69, 9.17) is 18.9 Å². The van der Waals surface area contributed by atoms with Crippen LogP contribution in [0.15, 0.2) is 206 Å². The van der Waals surface area contributed by atoms with Crippen LogP contribution in [0.4, 0.5) is 11.4 Å². The van der Waals surface area contributed by atoms with Crippen molar-refractivity contribution in [3.05, 3.63) is 251 Å². The zero-order valence-electron chi connectivity index (χ0n) is 52.1. The molecule has 0 aliphatic carbocycles. The van der Waals surface area contributed by atoms with E-state index >= 15 is 19.2 Å². The maximum atomic E-state index is 16.0. The van der Waals surface area contributed by atoms with E-state index in [2.05, 4.69) is 79.7 Å². The largest absolute Gasteiger partial charge is 0.457 e. The molecule has 448 valence electrons. The van der Waals surface area contributed by atoms with Gasteiger partial charge in [0.15, 0.2) is 0 Å². The summed E-state index contributed by atoms with van der Waals surface area (Å²) in [6, 6.07) is 65.8. The summed E-state index contributed by atoms with van der Waals surface area (Å²) in [5.41, 5.74) is 5.95. The Kier molecular flexibility index (Phi) is 13.0. The fourth-order valence-electron chi connectivity index (χ4n) is 14.6. The number of anilines is 2. The molecule has 14 aromatic rings. The zero-order chi connectivity index (χ0) is 63.1. The molecule has 0 saturated carbocycles. The van der Waals surface area contributed by atoms with Crippen molar-refractivity contribution < 1.29 is 38.1 Å². The monoisotopic (exact) mass is 1200 g/mol. The molecule has 16 rings (SSSR count). The number of hydrogen-bond donors (Lipinski definition) is 0. The van der Waals surface area contributed by atoms with E-state index in [9.17, 15) is 0 Å². The minimum atomic E-state index is -0.459. The average Bonchev–Trinajstić information content (AvgIpc) is 0.673. The summed E-state index contributed by atoms with van der Waals surface area (Å²) in [6.45, 7) is 16.6. The Morgan fingerprint density at radius 3 is 0.696 bits per heavy atom. The third-order valence-electron chi connectivity index (χ3n) is 18.7. The lowest BCUT2D eigenvalue weighted by Gasteiger charge is -2.34. The molecule has 10 heteroatoms. The highest BCUT2D eigenvalue weighted by Gasteiger charge is 2.43. The topological polar surface area (TPSA) is 112 Å². The molecule has 0 aromatic heterocycles. The molecular weight excluding hydrogens is 1140 g/mol. The van der Waals surface area contributed by atoms with Gasteiger partial charge >= 0.3 is 0 Å². The Bertz CT molecular complexity index is 4780. The molecule has 0 unspecified atom stereocenters. The van der Waals surface area contributed by atoms with Crippen molar-refractivity contribution >= 4 is 110 Å². The number of fused-ring (bicyclic) bond motifs is 4. The molecule has 10 nitrogen and oxygen atoms in total. The summed E-state index contributed by atoms with van der Waals surface area (Å²) in [6.07, 6.45) is 0. The second kappa shape index (κ2) is 21.3. The van der Waals surface area contributed by atoms with Gasteiger partial charge < -0.3 is 18.9 Å². The molecule has 0 saturated heterocycles. The molecule has 2 aliphatic heterocycles. The highest BCUT2D eigenvalue weighted by atomic mass is 16.5. The van der Waals surface area contributed by atoms with Crippen LogP contribution in [0.25, 0.3) is 75.4 Å². The van der Waals surface area contributed by atoms with E-state index in [1.165, 1.54) is 9.80 Å². The molecule has 0 atom stereocenters. The van der Waals surface area contributed by atoms with Crippen LogP contribution in [0.1, 0.15) is 143 Å². The minimum absolute atomic E-state index is 0.0263. The molecule has 0 fully saturated rings. The first-order chi connectivity index (χ1) is 44.7. The van der Waals surface area contributed by atoms with Crippen LogP contribution >= 0.6 is 0 Å². The van der Waals surface area contributed by atoms with E-state index in [1.807, 2.05) is 182 Å². The van der Waals surface area contributed by atoms with Crippen LogP contribution in [-0.2, 0) is 0 Å². The van der Waals surface area contributed by atoms with Crippen molar-refractivity contribution in [1.29, 1.82) is 0 Å². The lowest BCUT2D eigenvalue weighted by Crippen LogP contribution is -2.42. The Morgan fingerprint density at radius 2 is 0.478 bits per heavy atom. The average molecular weight is 1200 g/mol. The number of carbonyl (C=O) groups is 4. The van der Waals surface area contributed by atoms with E-state index in [1.54, 1.807) is 0 Å². The summed E-state index contributed by atoms with van der Waals surface area (Å²) >= 11 is 0. The zero-order valence-corrected chi connectivity index (χ0v) is 52.1. The van der Waals surface area contributed by atoms with Gasteiger partial charge in [0.05, 0.1) is 33.6 Å². The van der Waals surface area contributed by atoms with Crippen LogP contribution < -0.4 is 28.7 Å². The van der Waals surface area contributed by atoms with Crippen molar-refractivity contribution in [3.8, 4) is 46.0 Å². The fourth-order valence-corrected chi connectivity index (χ4v) is 14.6. The van der Waals surface area contributed by atoms with Gasteiger partial charge in [-0.2, -0.15) is 0 Å². The van der Waals surface area contributed by atoms with Crippen LogP contribution in [0.3, 0.4) is 0 Å². The second-order valence-corrected chi connectivity index (χ2v) is 25.5. The molecule has 92 heavy (non-hydrogen) atoms. The van der Waals surface area contributed by atoms with Crippen molar-refractivity contribution in [2.75, 3.05) is 9.80 Å². The second-order valence-electron chi connectivity index (χ2n) is 25.5. The number of para-hydroxylation sites is 6. The highest BCUT2D eigenvalue weighted by molar-refractivity contribution is 6.49. The predicted molar refractivity (Wildman–Crippen MR) is 369 cm³/mol. The predicted octanol–water partition coefficient (Wildman–Crippen LogP) is 21.9. The molecule has 0 spiro atoms. The third kappa shape index (κ3) is 8.39. The van der Waals surface area contributed by atoms with Crippen LogP contribution in [0.2, 0.25) is 0 Å². The number of imide groups is 2. The smallest absolute Gasteiger partial charge is 0.266 e. The molecule has 0 radical (unpaired) electrons. The molecule has 2 aliphatic rings. The lowest BCUT2D eigenvalue weighted by atomic mass is 9.79. The summed E-state index contributed by atoms with van der Waals surface area (Å²) in [4.78, 5) is 66.8. The Hall–Kier alpha value is -11.1. The summed E-state index contributed by atoms with van der Waals surface area (Å²) in [5.74, 6) is 1.82. The Balaban J connectivity index is 1.07. The van der Waals surface area contributed by atoms with Gasteiger partial charge in [-0.25, -0.2) is 9.80 Å². The van der Waals surface area contributed by atoms with E-state index < -0.39 is 23.6 Å². The van der Waals surface area contributed by atoms with Crippen molar-refractivity contribution in [3.63, 3.8) is 0 Å². The third-order valence-corrected chi connectivity index (χ3v) is 18.7. The van der Waals surface area contributed by atoms with Gasteiger partial charge in [-0.05, 0) is 151 Å². The first-order valence-electron chi connectivity index (χ1n) is 31.6. The Labute approximate surface area is 531 Å². The summed E-state index contributed by atoms with van der Waals surface area (Å²) in [5, 5.41) is 9.66. The van der Waals surface area contributed by atoms with E-state index in [0.717, 1.165) is 54.6 Å². The van der Waals surface area contributed by atoms with Crippen molar-refractivity contribution in [1.82, 2.24) is 0 Å². The SMILES string of the molecule is CC(C)c1cccc(C(C)C)c1N1C(=O)c2cc(Oc3ccccc3)c3c4ccc5c6c(Oc7ccccc7)cc7c8c(cc(Oc9ccccc9)c(c9ccc(c%10c(Oc%11ccccc%11)cc(c2c3%10)C1=O)c4c59)c86)C(=O)N(c1c(C(C)C)cccc1C(C)C)C7=O. The number of rotatable bonds is 14. The summed E-state index contributed by atoms with van der Waals surface area (Å²) in [7, 11) is 0. The van der Waals surface area contributed by atoms with E-state index in [0.29, 0.717) is 123 Å². The standard InChI is InChI=1S/C82H62N2O8/c1-43(2)51-31-21-32-52(44(3)4)77(51)83-79(85)59-39-63(89-47-23-13-9-14-24-47)71-55-35-37-57-68-58(38-36-56(67(55)68)72-64(90-48-25-15-10-16-26-48)40-60(80(83)86)69(59)75(71)72)74-66(92-50-29-19-12-20-30-50)42-62-70-61(41-65(73(57)76(70)74)91-49-27-17-11-18-28-49)81(87)84(82(62)88)78-53(45(5)6)33-22-34-54(78)46(7)8/h9-46H,1-8H3. The number of ether oxygens (including phenoxy) is 4. The number of amides is 4. The van der Waals surface area contributed by atoms with Crippen molar-refractivity contribution in [2.24, 2.45) is 0 Å². The normalized spacial score (nSPS) is 13.4. The van der Waals surface area contributed by atoms with E-state index in [-0.39, 0.29) is 23.7 Å². The first kappa shape index (κ1) is 56.2. The minimum Gasteiger partial charge on any atom is -0.457 e. The molecule has 0 bridgehead atoms. The molecular formula is C82H62N2O8. The Morgan fingerprint density at radius 1 is 0.250 bits per heavy atom. The van der Waals surface area contributed by atoms with Crippen molar-refractivity contribution in [2.45, 2.75) is 79.1 Å². The quantitative estimate of drug-likeness (QED) is 0.0601. The van der Waals surface area contributed by atoms with Crippen LogP contribution in [-0.4, -0.2) is 23.6 Å². The van der Waals surface area contributed by atoms with Gasteiger partial charge in [0, 0.05) is 43.1 Å². The maximum absolute atomic E-state index is 16.0. The van der Waals surface area contributed by atoms with Crippen LogP contribution in [0, 0.1) is 0 Å². The number of carbonyl (C=O) groups excluding carboxylic acids is 4. The highest BCUT2D eigenvalue weighted by Crippen LogP contribution is 2.58. The van der Waals surface area contributed by atoms with Gasteiger partial charge in [0.2, 0.25) is 0 Å². The molecule has 4 amide bonds. The fraction of sp³-hybridized carbons (Fsp3) is 0.146. The summed E-state index contributed by atoms with van der Waals surface area (Å²) < 4.78 is 28.7. The number of benzene rings is 14. The lowest BCUT2D eigenvalue weighted by molar-refractivity contribution is 0.0877. The molecule has 0 N–H and O–H groups in total. The van der Waals surface area contributed by atoms with Gasteiger partial charge in [-0.15, -0.1) is 0 Å². The van der Waals surface area contributed by atoms with Crippen LogP contribution in [0.5, 0.6) is 46.0 Å². The maximum Gasteiger partial charge on any atom is 0.266 e.